The third-order valence-electron chi connectivity index (χ3n) is 7.97. The Morgan fingerprint density at radius 3 is 2.53 bits per heavy atom. The monoisotopic (exact) mass is 462 g/mol. The Hall–Kier alpha value is -2.53. The molecule has 3 fully saturated rings. The maximum absolute atomic E-state index is 12.9. The normalized spacial score (nSPS) is 26.7. The summed E-state index contributed by atoms with van der Waals surface area (Å²) in [6, 6.07) is 13.0. The summed E-state index contributed by atoms with van der Waals surface area (Å²) >= 11 is 0. The van der Waals surface area contributed by atoms with Crippen molar-refractivity contribution in [2.24, 2.45) is 11.3 Å². The molecule has 34 heavy (non-hydrogen) atoms. The zero-order valence-electron chi connectivity index (χ0n) is 21.0. The van der Waals surface area contributed by atoms with Crippen molar-refractivity contribution in [3.63, 3.8) is 0 Å². The number of carbonyl (C=O) groups excluding carboxylic acids is 1. The fraction of sp³-hybridized carbons (Fsp3) is 0.552. The molecule has 1 amide bonds. The zero-order chi connectivity index (χ0) is 23.9. The number of rotatable bonds is 6. The average molecular weight is 463 g/mol. The van der Waals surface area contributed by atoms with Crippen molar-refractivity contribution < 1.29 is 14.3 Å². The van der Waals surface area contributed by atoms with Crippen LogP contribution in [0.4, 0.5) is 4.79 Å². The molecule has 0 unspecified atom stereocenters. The van der Waals surface area contributed by atoms with Gasteiger partial charge in [0.2, 0.25) is 0 Å². The Morgan fingerprint density at radius 2 is 1.85 bits per heavy atom. The number of carbonyl (C=O) groups is 1. The van der Waals surface area contributed by atoms with Crippen molar-refractivity contribution in [2.45, 2.75) is 65.5 Å². The molecule has 0 radical (unpaired) electrons. The Kier molecular flexibility index (Phi) is 6.32. The molecule has 2 atom stereocenters. The number of aryl methyl sites for hydroxylation is 1. The lowest BCUT2D eigenvalue weighted by molar-refractivity contribution is -0.0348. The van der Waals surface area contributed by atoms with Crippen LogP contribution in [0.25, 0.3) is 11.1 Å². The molecule has 3 saturated heterocycles. The predicted octanol–water partition coefficient (Wildman–Crippen LogP) is 5.89. The molecule has 0 aromatic heterocycles. The summed E-state index contributed by atoms with van der Waals surface area (Å²) in [7, 11) is 0. The van der Waals surface area contributed by atoms with Crippen LogP contribution in [0.3, 0.4) is 0 Å². The Bertz CT molecular complexity index is 1060. The fourth-order valence-corrected chi connectivity index (χ4v) is 6.04. The van der Waals surface area contributed by atoms with Crippen LogP contribution in [-0.2, 0) is 11.2 Å². The van der Waals surface area contributed by atoms with Gasteiger partial charge in [0.25, 0.3) is 0 Å². The zero-order valence-corrected chi connectivity index (χ0v) is 21.0. The number of amides is 1. The van der Waals surface area contributed by atoms with E-state index in [1.54, 1.807) is 0 Å². The van der Waals surface area contributed by atoms with Gasteiger partial charge in [0.15, 0.2) is 0 Å². The number of nitrogens with one attached hydrogen (secondary N) is 1. The van der Waals surface area contributed by atoms with Crippen LogP contribution in [0.15, 0.2) is 36.4 Å². The molecule has 0 spiro atoms. The first-order valence-electron chi connectivity index (χ1n) is 12.9. The van der Waals surface area contributed by atoms with Crippen LogP contribution >= 0.6 is 0 Å². The number of benzene rings is 2. The minimum Gasteiger partial charge on any atom is -0.493 e. The molecule has 4 aliphatic rings. The summed E-state index contributed by atoms with van der Waals surface area (Å²) in [5.41, 5.74) is 6.00. The molecule has 3 aliphatic heterocycles. The van der Waals surface area contributed by atoms with E-state index in [-0.39, 0.29) is 23.7 Å². The van der Waals surface area contributed by atoms with Crippen molar-refractivity contribution >= 4 is 6.09 Å². The number of hydrogen-bond acceptors (Lipinski definition) is 4. The summed E-state index contributed by atoms with van der Waals surface area (Å²) in [5, 5.41) is 3.23. The van der Waals surface area contributed by atoms with E-state index in [0.29, 0.717) is 5.92 Å². The van der Waals surface area contributed by atoms with Crippen LogP contribution in [-0.4, -0.2) is 43.3 Å². The molecule has 2 aromatic rings. The molecule has 2 bridgehead atoms. The summed E-state index contributed by atoms with van der Waals surface area (Å²) in [5.74, 6) is 1.48. The van der Waals surface area contributed by atoms with Crippen molar-refractivity contribution in [2.75, 3.05) is 26.2 Å². The summed E-state index contributed by atoms with van der Waals surface area (Å²) < 4.78 is 11.8. The molecule has 5 nitrogen and oxygen atoms in total. The summed E-state index contributed by atoms with van der Waals surface area (Å²) in [6.07, 6.45) is 3.98. The molecule has 1 N–H and O–H groups in total. The van der Waals surface area contributed by atoms with Gasteiger partial charge >= 0.3 is 6.09 Å². The van der Waals surface area contributed by atoms with E-state index in [1.165, 1.54) is 22.3 Å². The van der Waals surface area contributed by atoms with Gasteiger partial charge in [-0.05, 0) is 97.0 Å². The Balaban J connectivity index is 1.30. The number of piperidine rings is 3. The van der Waals surface area contributed by atoms with Gasteiger partial charge in [0.05, 0.1) is 12.6 Å². The number of hydrogen-bond donors (Lipinski definition) is 1. The van der Waals surface area contributed by atoms with Gasteiger partial charge in [-0.1, -0.05) is 45.0 Å². The minimum atomic E-state index is -0.271. The van der Waals surface area contributed by atoms with E-state index in [0.717, 1.165) is 63.2 Å². The molecule has 0 saturated carbocycles. The third-order valence-corrected chi connectivity index (χ3v) is 7.97. The molecular formula is C29H38N2O3. The first-order valence-corrected chi connectivity index (χ1v) is 12.9. The van der Waals surface area contributed by atoms with Crippen LogP contribution in [0.5, 0.6) is 5.75 Å². The molecule has 2 aromatic carbocycles. The molecule has 6 rings (SSSR count). The van der Waals surface area contributed by atoms with Crippen LogP contribution in [0, 0.1) is 18.3 Å². The number of ether oxygens (including phenoxy) is 2. The highest BCUT2D eigenvalue weighted by atomic mass is 16.6. The summed E-state index contributed by atoms with van der Waals surface area (Å²) in [4.78, 5) is 15.3. The maximum atomic E-state index is 12.9. The Morgan fingerprint density at radius 1 is 1.12 bits per heavy atom. The van der Waals surface area contributed by atoms with Crippen LogP contribution in [0.2, 0.25) is 0 Å². The molecule has 1 aliphatic carbocycles. The first-order chi connectivity index (χ1) is 16.3. The van der Waals surface area contributed by atoms with E-state index in [2.05, 4.69) is 74.3 Å². The topological polar surface area (TPSA) is 50.8 Å². The predicted molar refractivity (Wildman–Crippen MR) is 135 cm³/mol. The SMILES string of the molecule is CCCOc1ccc(-c2ccc3c(c2)CC(C)(C)[C@H]3NC(=O)O[C@H]2CN3CCC2CC3)cc1C. The van der Waals surface area contributed by atoms with Crippen molar-refractivity contribution in [3.8, 4) is 16.9 Å². The highest BCUT2D eigenvalue weighted by Gasteiger charge is 2.42. The number of alkyl carbamates (subject to hydrolysis) is 1. The van der Waals surface area contributed by atoms with Gasteiger partial charge in [0.1, 0.15) is 11.9 Å². The maximum Gasteiger partial charge on any atom is 0.407 e. The fourth-order valence-electron chi connectivity index (χ4n) is 6.04. The van der Waals surface area contributed by atoms with Gasteiger partial charge in [-0.25, -0.2) is 4.79 Å². The van der Waals surface area contributed by atoms with E-state index < -0.39 is 0 Å². The van der Waals surface area contributed by atoms with Gasteiger partial charge < -0.3 is 14.8 Å². The summed E-state index contributed by atoms with van der Waals surface area (Å²) in [6.45, 7) is 12.6. The lowest BCUT2D eigenvalue weighted by Gasteiger charge is -2.44. The molecule has 5 heteroatoms. The second-order valence-electron chi connectivity index (χ2n) is 11.1. The first kappa shape index (κ1) is 23.2. The number of nitrogens with zero attached hydrogens (tertiary/aromatic N) is 1. The van der Waals surface area contributed by atoms with Crippen molar-refractivity contribution in [3.05, 3.63) is 53.1 Å². The molecular weight excluding hydrogens is 424 g/mol. The van der Waals surface area contributed by atoms with Gasteiger partial charge in [-0.15, -0.1) is 0 Å². The largest absolute Gasteiger partial charge is 0.493 e. The lowest BCUT2D eigenvalue weighted by Crippen LogP contribution is -2.53. The van der Waals surface area contributed by atoms with Gasteiger partial charge in [0, 0.05) is 6.54 Å². The van der Waals surface area contributed by atoms with E-state index in [1.807, 2.05) is 0 Å². The minimum absolute atomic E-state index is 0.0291. The molecule has 3 heterocycles. The van der Waals surface area contributed by atoms with Crippen LogP contribution in [0.1, 0.15) is 62.8 Å². The van der Waals surface area contributed by atoms with Crippen molar-refractivity contribution in [1.82, 2.24) is 10.2 Å². The average Bonchev–Trinajstić information content (AvgIpc) is 3.07. The second-order valence-corrected chi connectivity index (χ2v) is 11.1. The number of fused-ring (bicyclic) bond motifs is 4. The van der Waals surface area contributed by atoms with Gasteiger partial charge in [-0.3, -0.25) is 4.90 Å². The highest BCUT2D eigenvalue weighted by Crippen LogP contribution is 2.46. The smallest absolute Gasteiger partial charge is 0.407 e. The second kappa shape index (κ2) is 9.26. The van der Waals surface area contributed by atoms with E-state index in [9.17, 15) is 4.79 Å². The highest BCUT2D eigenvalue weighted by molar-refractivity contribution is 5.71. The molecule has 182 valence electrons. The third kappa shape index (κ3) is 4.55. The Labute approximate surface area is 203 Å². The lowest BCUT2D eigenvalue weighted by atomic mass is 9.85. The van der Waals surface area contributed by atoms with Gasteiger partial charge in [-0.2, -0.15) is 0 Å². The van der Waals surface area contributed by atoms with E-state index in [4.69, 9.17) is 9.47 Å². The van der Waals surface area contributed by atoms with Crippen LogP contribution < -0.4 is 10.1 Å². The van der Waals surface area contributed by atoms with E-state index >= 15 is 0 Å². The quantitative estimate of drug-likeness (QED) is 0.581. The standard InChI is InChI=1S/C29H38N2O3/c1-5-14-33-25-9-7-21(15-19(25)2)22-6-8-24-23(16-22)17-29(3,4)27(24)30-28(32)34-26-18-31-12-10-20(26)11-13-31/h6-9,15-16,20,26-27H,5,10-14,17-18H2,1-4H3,(H,30,32)/t26-,27-/m0/s1. The van der Waals surface area contributed by atoms with Crippen molar-refractivity contribution in [1.29, 1.82) is 0 Å².